The Hall–Kier alpha value is -1.53. The Morgan fingerprint density at radius 1 is 1.48 bits per heavy atom. The number of H-pyrrole nitrogens is 1. The number of hydrogen-bond acceptors (Lipinski definition) is 4. The van der Waals surface area contributed by atoms with E-state index in [1.807, 2.05) is 32.9 Å². The summed E-state index contributed by atoms with van der Waals surface area (Å²) >= 11 is 7.32. The minimum absolute atomic E-state index is 0.115. The number of anilines is 1. The fourth-order valence-electron chi connectivity index (χ4n) is 1.58. The van der Waals surface area contributed by atoms with Crippen LogP contribution in [0, 0.1) is 6.92 Å². The zero-order valence-corrected chi connectivity index (χ0v) is 13.7. The summed E-state index contributed by atoms with van der Waals surface area (Å²) < 4.78 is 0. The fraction of sp³-hybridized carbons (Fsp3) is 0.357. The predicted molar refractivity (Wildman–Crippen MR) is 86.0 cm³/mol. The lowest BCUT2D eigenvalue weighted by Gasteiger charge is -2.05. The van der Waals surface area contributed by atoms with Crippen molar-refractivity contribution in [1.29, 1.82) is 0 Å². The molecular formula is C14H17ClN4OS. The number of carbonyl (C=O) groups is 1. The van der Waals surface area contributed by atoms with Gasteiger partial charge in [0.2, 0.25) is 11.1 Å². The third kappa shape index (κ3) is 4.47. The van der Waals surface area contributed by atoms with Gasteiger partial charge in [-0.3, -0.25) is 9.89 Å². The molecule has 5 nitrogen and oxygen atoms in total. The molecule has 0 saturated carbocycles. The molecule has 0 atom stereocenters. The molecule has 2 aromatic rings. The Bertz CT molecular complexity index is 642. The maximum atomic E-state index is 11.9. The summed E-state index contributed by atoms with van der Waals surface area (Å²) in [7, 11) is 0. The smallest absolute Gasteiger partial charge is 0.234 e. The normalized spacial score (nSPS) is 10.9. The predicted octanol–water partition coefficient (Wildman–Crippen LogP) is 3.62. The van der Waals surface area contributed by atoms with Gasteiger partial charge >= 0.3 is 0 Å². The van der Waals surface area contributed by atoms with E-state index >= 15 is 0 Å². The first kappa shape index (κ1) is 15.9. The van der Waals surface area contributed by atoms with E-state index in [-0.39, 0.29) is 17.6 Å². The summed E-state index contributed by atoms with van der Waals surface area (Å²) in [4.78, 5) is 16.2. The zero-order valence-electron chi connectivity index (χ0n) is 12.1. The van der Waals surface area contributed by atoms with Crippen LogP contribution in [0.1, 0.15) is 31.2 Å². The number of carbonyl (C=O) groups excluding carboxylic acids is 1. The fourth-order valence-corrected chi connectivity index (χ4v) is 2.36. The summed E-state index contributed by atoms with van der Waals surface area (Å²) in [5.41, 5.74) is 1.67. The van der Waals surface area contributed by atoms with Crippen LogP contribution in [0.4, 0.5) is 5.69 Å². The Kier molecular flexibility index (Phi) is 5.25. The van der Waals surface area contributed by atoms with Crippen LogP contribution in [-0.4, -0.2) is 26.8 Å². The average molecular weight is 325 g/mol. The first-order valence-corrected chi connectivity index (χ1v) is 7.93. The van der Waals surface area contributed by atoms with Crippen molar-refractivity contribution in [3.8, 4) is 0 Å². The van der Waals surface area contributed by atoms with Crippen LogP contribution in [0.15, 0.2) is 23.4 Å². The van der Waals surface area contributed by atoms with Crippen LogP contribution in [0.2, 0.25) is 5.02 Å². The number of aromatic nitrogens is 3. The first-order chi connectivity index (χ1) is 9.95. The molecule has 1 aromatic carbocycles. The van der Waals surface area contributed by atoms with E-state index in [1.54, 1.807) is 6.07 Å². The van der Waals surface area contributed by atoms with Crippen molar-refractivity contribution in [3.05, 3.63) is 34.6 Å². The Morgan fingerprint density at radius 2 is 2.24 bits per heavy atom. The molecule has 0 unspecified atom stereocenters. The standard InChI is InChI=1S/C14H17ClN4OS/c1-8(2)13-17-14(19-18-13)21-7-12(20)16-10-5-4-9(3)11(15)6-10/h4-6,8H,7H2,1-3H3,(H,16,20)(H,17,18,19). The zero-order chi connectivity index (χ0) is 15.4. The maximum Gasteiger partial charge on any atom is 0.234 e. The van der Waals surface area contributed by atoms with Crippen molar-refractivity contribution in [2.45, 2.75) is 31.8 Å². The minimum atomic E-state index is -0.115. The molecule has 1 heterocycles. The number of halogens is 1. The third-order valence-corrected chi connectivity index (χ3v) is 4.07. The van der Waals surface area contributed by atoms with E-state index in [0.717, 1.165) is 11.4 Å². The highest BCUT2D eigenvalue weighted by Gasteiger charge is 2.10. The second-order valence-electron chi connectivity index (χ2n) is 4.96. The monoisotopic (exact) mass is 324 g/mol. The van der Waals surface area contributed by atoms with Gasteiger partial charge in [0.1, 0.15) is 5.82 Å². The highest BCUT2D eigenvalue weighted by Crippen LogP contribution is 2.21. The van der Waals surface area contributed by atoms with Gasteiger partial charge in [0.25, 0.3) is 0 Å². The molecule has 7 heteroatoms. The van der Waals surface area contributed by atoms with Crippen LogP contribution < -0.4 is 5.32 Å². The van der Waals surface area contributed by atoms with Gasteiger partial charge in [0, 0.05) is 16.6 Å². The van der Waals surface area contributed by atoms with E-state index in [9.17, 15) is 4.79 Å². The van der Waals surface area contributed by atoms with Gasteiger partial charge in [-0.25, -0.2) is 4.98 Å². The number of nitrogens with one attached hydrogen (secondary N) is 2. The van der Waals surface area contributed by atoms with Crippen LogP contribution >= 0.6 is 23.4 Å². The molecular weight excluding hydrogens is 308 g/mol. The minimum Gasteiger partial charge on any atom is -0.325 e. The summed E-state index contributed by atoms with van der Waals surface area (Å²) in [6.45, 7) is 5.98. The SMILES string of the molecule is Cc1ccc(NC(=O)CSc2n[nH]c(C(C)C)n2)cc1Cl. The number of aromatic amines is 1. The lowest BCUT2D eigenvalue weighted by molar-refractivity contribution is -0.113. The van der Waals surface area contributed by atoms with Crippen LogP contribution in [-0.2, 0) is 4.79 Å². The molecule has 0 aliphatic carbocycles. The van der Waals surface area contributed by atoms with E-state index in [2.05, 4.69) is 20.5 Å². The first-order valence-electron chi connectivity index (χ1n) is 6.57. The van der Waals surface area contributed by atoms with Crippen molar-refractivity contribution in [2.75, 3.05) is 11.1 Å². The van der Waals surface area contributed by atoms with Gasteiger partial charge in [-0.2, -0.15) is 0 Å². The number of hydrogen-bond donors (Lipinski definition) is 2. The Morgan fingerprint density at radius 3 is 2.86 bits per heavy atom. The second kappa shape index (κ2) is 6.95. The van der Waals surface area contributed by atoms with E-state index in [0.29, 0.717) is 15.9 Å². The van der Waals surface area contributed by atoms with E-state index in [4.69, 9.17) is 11.6 Å². The number of thioether (sulfide) groups is 1. The van der Waals surface area contributed by atoms with Gasteiger partial charge < -0.3 is 5.32 Å². The van der Waals surface area contributed by atoms with Gasteiger partial charge in [0.05, 0.1) is 5.75 Å². The number of nitrogens with zero attached hydrogens (tertiary/aromatic N) is 2. The molecule has 0 fully saturated rings. The number of aryl methyl sites for hydroxylation is 1. The molecule has 2 rings (SSSR count). The molecule has 2 N–H and O–H groups in total. The third-order valence-electron chi connectivity index (χ3n) is 2.82. The van der Waals surface area contributed by atoms with Crippen molar-refractivity contribution in [1.82, 2.24) is 15.2 Å². The molecule has 0 aliphatic rings. The summed E-state index contributed by atoms with van der Waals surface area (Å²) in [5.74, 6) is 1.25. The van der Waals surface area contributed by atoms with Gasteiger partial charge in [-0.15, -0.1) is 5.10 Å². The van der Waals surface area contributed by atoms with Crippen molar-refractivity contribution in [3.63, 3.8) is 0 Å². The molecule has 0 saturated heterocycles. The highest BCUT2D eigenvalue weighted by atomic mass is 35.5. The number of amides is 1. The Labute approximate surface area is 132 Å². The van der Waals surface area contributed by atoms with Gasteiger partial charge in [0.15, 0.2) is 0 Å². The molecule has 1 aromatic heterocycles. The topological polar surface area (TPSA) is 70.7 Å². The second-order valence-corrected chi connectivity index (χ2v) is 6.31. The van der Waals surface area contributed by atoms with Crippen molar-refractivity contribution in [2.24, 2.45) is 0 Å². The molecule has 1 amide bonds. The molecule has 0 aliphatic heterocycles. The summed E-state index contributed by atoms with van der Waals surface area (Å²) in [5, 5.41) is 10.9. The molecule has 21 heavy (non-hydrogen) atoms. The van der Waals surface area contributed by atoms with Crippen molar-refractivity contribution < 1.29 is 4.79 Å². The van der Waals surface area contributed by atoms with Crippen LogP contribution in [0.3, 0.4) is 0 Å². The van der Waals surface area contributed by atoms with E-state index < -0.39 is 0 Å². The number of benzene rings is 1. The maximum absolute atomic E-state index is 11.9. The summed E-state index contributed by atoms with van der Waals surface area (Å²) in [6.07, 6.45) is 0. The molecule has 0 radical (unpaired) electrons. The van der Waals surface area contributed by atoms with E-state index in [1.165, 1.54) is 11.8 Å². The summed E-state index contributed by atoms with van der Waals surface area (Å²) in [6, 6.07) is 5.44. The Balaban J connectivity index is 1.88. The molecule has 0 spiro atoms. The lowest BCUT2D eigenvalue weighted by atomic mass is 10.2. The quantitative estimate of drug-likeness (QED) is 0.824. The molecule has 112 valence electrons. The highest BCUT2D eigenvalue weighted by molar-refractivity contribution is 7.99. The van der Waals surface area contributed by atoms with Gasteiger partial charge in [-0.1, -0.05) is 43.3 Å². The van der Waals surface area contributed by atoms with Crippen molar-refractivity contribution >= 4 is 35.0 Å². The number of rotatable bonds is 5. The lowest BCUT2D eigenvalue weighted by Crippen LogP contribution is -2.14. The van der Waals surface area contributed by atoms with Crippen LogP contribution in [0.5, 0.6) is 0 Å². The van der Waals surface area contributed by atoms with Gasteiger partial charge in [-0.05, 0) is 24.6 Å². The molecule has 0 bridgehead atoms. The van der Waals surface area contributed by atoms with Crippen LogP contribution in [0.25, 0.3) is 0 Å². The largest absolute Gasteiger partial charge is 0.325 e. The average Bonchev–Trinajstić information content (AvgIpc) is 2.90.